The summed E-state index contributed by atoms with van der Waals surface area (Å²) in [6.45, 7) is 3.58. The number of urea groups is 1. The van der Waals surface area contributed by atoms with E-state index in [-0.39, 0.29) is 18.7 Å². The lowest BCUT2D eigenvalue weighted by molar-refractivity contribution is -0.0155. The molecule has 1 aromatic heterocycles. The van der Waals surface area contributed by atoms with Gasteiger partial charge in [-0.2, -0.15) is 0 Å². The van der Waals surface area contributed by atoms with E-state index in [1.165, 1.54) is 0 Å². The van der Waals surface area contributed by atoms with Crippen molar-refractivity contribution in [2.45, 2.75) is 19.6 Å². The maximum atomic E-state index is 12.4. The van der Waals surface area contributed by atoms with Crippen LogP contribution in [0.2, 0.25) is 0 Å². The summed E-state index contributed by atoms with van der Waals surface area (Å²) >= 11 is 0. The Labute approximate surface area is 139 Å². The maximum Gasteiger partial charge on any atom is 0.317 e. The largest absolute Gasteiger partial charge is 0.497 e. The number of benzene rings is 1. The van der Waals surface area contributed by atoms with Crippen LogP contribution in [-0.2, 0) is 11.3 Å². The summed E-state index contributed by atoms with van der Waals surface area (Å²) in [4.78, 5) is 14.1. The summed E-state index contributed by atoms with van der Waals surface area (Å²) in [5, 5.41) is 10.3. The van der Waals surface area contributed by atoms with E-state index in [0.717, 1.165) is 11.3 Å². The van der Waals surface area contributed by atoms with E-state index in [1.807, 2.05) is 24.3 Å². The molecule has 0 aliphatic carbocycles. The third-order valence-corrected chi connectivity index (χ3v) is 3.97. The standard InChI is InChI=1S/C16H20N4O4/c1-11-14(19-24-18-11)9-17-16(21)20-6-7-23-15(10-20)12-4-3-5-13(8-12)22-2/h3-5,8,15H,6-7,9-10H2,1-2H3,(H,17,21). The number of ether oxygens (including phenoxy) is 2. The number of hydrogen-bond acceptors (Lipinski definition) is 6. The second-order valence-electron chi connectivity index (χ2n) is 5.54. The zero-order valence-electron chi connectivity index (χ0n) is 13.7. The summed E-state index contributed by atoms with van der Waals surface area (Å²) in [5.41, 5.74) is 2.29. The van der Waals surface area contributed by atoms with Crippen molar-refractivity contribution >= 4 is 6.03 Å². The molecular formula is C16H20N4O4. The summed E-state index contributed by atoms with van der Waals surface area (Å²) in [6.07, 6.45) is -0.171. The highest BCUT2D eigenvalue weighted by atomic mass is 16.6. The number of methoxy groups -OCH3 is 1. The van der Waals surface area contributed by atoms with Crippen molar-refractivity contribution in [1.82, 2.24) is 20.5 Å². The van der Waals surface area contributed by atoms with Gasteiger partial charge in [-0.25, -0.2) is 9.42 Å². The zero-order valence-corrected chi connectivity index (χ0v) is 13.7. The molecule has 0 spiro atoms. The lowest BCUT2D eigenvalue weighted by atomic mass is 10.1. The highest BCUT2D eigenvalue weighted by Gasteiger charge is 2.25. The number of aryl methyl sites for hydroxylation is 1. The Balaban J connectivity index is 1.60. The monoisotopic (exact) mass is 332 g/mol. The molecule has 1 N–H and O–H groups in total. The van der Waals surface area contributed by atoms with Crippen LogP contribution in [0.5, 0.6) is 5.75 Å². The molecule has 0 saturated carbocycles. The quantitative estimate of drug-likeness (QED) is 0.916. The van der Waals surface area contributed by atoms with Crippen LogP contribution in [0.3, 0.4) is 0 Å². The molecule has 2 aromatic rings. The van der Waals surface area contributed by atoms with Gasteiger partial charge in [0.2, 0.25) is 0 Å². The van der Waals surface area contributed by atoms with E-state index < -0.39 is 0 Å². The molecule has 2 heterocycles. The summed E-state index contributed by atoms with van der Waals surface area (Å²) in [7, 11) is 1.63. The van der Waals surface area contributed by atoms with Crippen LogP contribution in [0.15, 0.2) is 28.9 Å². The Morgan fingerprint density at radius 3 is 3.08 bits per heavy atom. The minimum Gasteiger partial charge on any atom is -0.497 e. The van der Waals surface area contributed by atoms with E-state index in [9.17, 15) is 4.79 Å². The minimum atomic E-state index is -0.171. The Hall–Kier alpha value is -2.61. The zero-order chi connectivity index (χ0) is 16.9. The molecule has 24 heavy (non-hydrogen) atoms. The van der Waals surface area contributed by atoms with Crippen LogP contribution in [0.4, 0.5) is 4.79 Å². The summed E-state index contributed by atoms with van der Waals surface area (Å²) < 4.78 is 15.7. The third kappa shape index (κ3) is 3.65. The summed E-state index contributed by atoms with van der Waals surface area (Å²) in [6, 6.07) is 7.53. The highest BCUT2D eigenvalue weighted by molar-refractivity contribution is 5.74. The minimum absolute atomic E-state index is 0.159. The van der Waals surface area contributed by atoms with Gasteiger partial charge >= 0.3 is 6.03 Å². The summed E-state index contributed by atoms with van der Waals surface area (Å²) in [5.74, 6) is 0.770. The van der Waals surface area contributed by atoms with E-state index in [0.29, 0.717) is 31.1 Å². The molecule has 2 amide bonds. The number of morpholine rings is 1. The Bertz CT molecular complexity index is 703. The fraction of sp³-hybridized carbons (Fsp3) is 0.438. The molecule has 1 fully saturated rings. The van der Waals surface area contributed by atoms with Gasteiger partial charge in [0.25, 0.3) is 0 Å². The van der Waals surface area contributed by atoms with Gasteiger partial charge in [0.1, 0.15) is 23.2 Å². The first-order chi connectivity index (χ1) is 11.7. The molecule has 1 aliphatic heterocycles. The topological polar surface area (TPSA) is 89.7 Å². The van der Waals surface area contributed by atoms with E-state index in [4.69, 9.17) is 9.47 Å². The lowest BCUT2D eigenvalue weighted by Crippen LogP contribution is -2.47. The number of carbonyl (C=O) groups is 1. The lowest BCUT2D eigenvalue weighted by Gasteiger charge is -2.33. The molecule has 0 bridgehead atoms. The van der Waals surface area contributed by atoms with Crippen LogP contribution in [0, 0.1) is 6.92 Å². The van der Waals surface area contributed by atoms with Crippen molar-refractivity contribution < 1.29 is 18.9 Å². The molecule has 1 saturated heterocycles. The van der Waals surface area contributed by atoms with Crippen molar-refractivity contribution in [3.63, 3.8) is 0 Å². The number of rotatable bonds is 4. The fourth-order valence-corrected chi connectivity index (χ4v) is 2.56. The molecule has 1 aliphatic rings. The van der Waals surface area contributed by atoms with Crippen LogP contribution in [0.1, 0.15) is 23.1 Å². The van der Waals surface area contributed by atoms with E-state index in [2.05, 4.69) is 20.3 Å². The number of nitrogens with zero attached hydrogens (tertiary/aromatic N) is 3. The van der Waals surface area contributed by atoms with Crippen molar-refractivity contribution in [2.75, 3.05) is 26.8 Å². The number of nitrogens with one attached hydrogen (secondary N) is 1. The molecule has 8 nitrogen and oxygen atoms in total. The molecular weight excluding hydrogens is 312 g/mol. The first-order valence-corrected chi connectivity index (χ1v) is 7.73. The third-order valence-electron chi connectivity index (χ3n) is 3.97. The predicted octanol–water partition coefficient (Wildman–Crippen LogP) is 1.67. The molecule has 3 rings (SSSR count). The second-order valence-corrected chi connectivity index (χ2v) is 5.54. The first kappa shape index (κ1) is 16.3. The molecule has 128 valence electrons. The van der Waals surface area contributed by atoms with E-state index in [1.54, 1.807) is 18.9 Å². The Morgan fingerprint density at radius 1 is 1.46 bits per heavy atom. The normalized spacial score (nSPS) is 17.6. The fourth-order valence-electron chi connectivity index (χ4n) is 2.56. The number of amides is 2. The van der Waals surface area contributed by atoms with Gasteiger partial charge in [0, 0.05) is 6.54 Å². The van der Waals surface area contributed by atoms with Crippen molar-refractivity contribution in [3.8, 4) is 5.75 Å². The average Bonchev–Trinajstić information content (AvgIpc) is 3.04. The van der Waals surface area contributed by atoms with Crippen LogP contribution in [-0.4, -0.2) is 48.1 Å². The van der Waals surface area contributed by atoms with Crippen LogP contribution < -0.4 is 10.1 Å². The van der Waals surface area contributed by atoms with Crippen molar-refractivity contribution in [3.05, 3.63) is 41.2 Å². The Morgan fingerprint density at radius 2 is 2.33 bits per heavy atom. The van der Waals surface area contributed by atoms with Crippen molar-refractivity contribution in [2.24, 2.45) is 0 Å². The molecule has 8 heteroatoms. The Kier molecular flexibility index (Phi) is 4.95. The van der Waals surface area contributed by atoms with Crippen LogP contribution in [0.25, 0.3) is 0 Å². The van der Waals surface area contributed by atoms with Crippen molar-refractivity contribution in [1.29, 1.82) is 0 Å². The second kappa shape index (κ2) is 7.31. The first-order valence-electron chi connectivity index (χ1n) is 7.73. The van der Waals surface area contributed by atoms with Gasteiger partial charge in [0.15, 0.2) is 0 Å². The van der Waals surface area contributed by atoms with Gasteiger partial charge in [-0.05, 0) is 24.6 Å². The maximum absolute atomic E-state index is 12.4. The van der Waals surface area contributed by atoms with Crippen LogP contribution >= 0.6 is 0 Å². The molecule has 1 atom stereocenters. The number of carbonyl (C=O) groups excluding carboxylic acids is 1. The van der Waals surface area contributed by atoms with Gasteiger partial charge in [-0.15, -0.1) is 0 Å². The van der Waals surface area contributed by atoms with Gasteiger partial charge in [-0.1, -0.05) is 22.4 Å². The molecule has 1 aromatic carbocycles. The van der Waals surface area contributed by atoms with Gasteiger partial charge in [0.05, 0.1) is 26.8 Å². The smallest absolute Gasteiger partial charge is 0.317 e. The van der Waals surface area contributed by atoms with Gasteiger partial charge in [-0.3, -0.25) is 0 Å². The number of hydrogen-bond donors (Lipinski definition) is 1. The average molecular weight is 332 g/mol. The highest BCUT2D eigenvalue weighted by Crippen LogP contribution is 2.25. The predicted molar refractivity (Wildman–Crippen MR) is 84.5 cm³/mol. The van der Waals surface area contributed by atoms with Gasteiger partial charge < -0.3 is 19.7 Å². The molecule has 1 unspecified atom stereocenters. The van der Waals surface area contributed by atoms with E-state index >= 15 is 0 Å². The number of aromatic nitrogens is 2. The molecule has 0 radical (unpaired) electrons. The SMILES string of the molecule is COc1cccc(C2CN(C(=O)NCc3nonc3C)CCO2)c1.